The summed E-state index contributed by atoms with van der Waals surface area (Å²) in [7, 11) is 0. The minimum Gasteiger partial charge on any atom is -0.508 e. The van der Waals surface area contributed by atoms with Crippen LogP contribution in [0.3, 0.4) is 0 Å². The van der Waals surface area contributed by atoms with Gasteiger partial charge in [0, 0.05) is 0 Å². The highest BCUT2D eigenvalue weighted by atomic mass is 16.3. The van der Waals surface area contributed by atoms with Crippen molar-refractivity contribution >= 4 is 0 Å². The van der Waals surface area contributed by atoms with Gasteiger partial charge in [0.25, 0.3) is 0 Å². The number of hydrogen-bond acceptors (Lipinski definition) is 2. The minimum absolute atomic E-state index is 0.285. The summed E-state index contributed by atoms with van der Waals surface area (Å²) >= 11 is 0. The van der Waals surface area contributed by atoms with Crippen LogP contribution in [0.15, 0.2) is 18.2 Å². The fraction of sp³-hybridized carbons (Fsp3) is 0.364. The van der Waals surface area contributed by atoms with Gasteiger partial charge in [-0.15, -0.1) is 0 Å². The maximum Gasteiger partial charge on any atom is 0.118 e. The fourth-order valence-electron chi connectivity index (χ4n) is 1.26. The first-order chi connectivity index (χ1) is 6.13. The molecule has 0 fully saturated rings. The van der Waals surface area contributed by atoms with Crippen molar-refractivity contribution in [2.45, 2.75) is 20.3 Å². The highest BCUT2D eigenvalue weighted by molar-refractivity contribution is 5.41. The second-order valence-corrected chi connectivity index (χ2v) is 3.55. The summed E-state index contributed by atoms with van der Waals surface area (Å²) in [5, 5.41) is 18.1. The van der Waals surface area contributed by atoms with Gasteiger partial charge in [0.2, 0.25) is 0 Å². The Labute approximate surface area is 78.4 Å². The topological polar surface area (TPSA) is 44.0 Å². The first-order valence-electron chi connectivity index (χ1n) is 4.35. The minimum atomic E-state index is 0.285. The van der Waals surface area contributed by atoms with Crippen molar-refractivity contribution in [3.05, 3.63) is 29.3 Å². The van der Waals surface area contributed by atoms with Crippen LogP contribution >= 0.6 is 0 Å². The second kappa shape index (κ2) is 3.95. The van der Waals surface area contributed by atoms with E-state index in [1.54, 1.807) is 18.2 Å². The Bertz CT molecular complexity index is 336. The normalized spacial score (nSPS) is 10.0. The Morgan fingerprint density at radius 2 is 2.15 bits per heavy atom. The molecule has 0 aliphatic heterocycles. The molecule has 0 saturated carbocycles. The van der Waals surface area contributed by atoms with Gasteiger partial charge in [0.05, 0.1) is 11.6 Å². The van der Waals surface area contributed by atoms with Crippen LogP contribution in [-0.2, 0) is 6.42 Å². The molecule has 0 bridgehead atoms. The average Bonchev–Trinajstić information content (AvgIpc) is 2.08. The van der Waals surface area contributed by atoms with Crippen molar-refractivity contribution < 1.29 is 5.11 Å². The van der Waals surface area contributed by atoms with Crippen LogP contribution in [0.5, 0.6) is 5.75 Å². The molecule has 2 heteroatoms. The lowest BCUT2D eigenvalue weighted by Crippen LogP contribution is -1.94. The number of phenols is 1. The van der Waals surface area contributed by atoms with Gasteiger partial charge in [-0.25, -0.2) is 0 Å². The Morgan fingerprint density at radius 1 is 1.46 bits per heavy atom. The maximum atomic E-state index is 9.47. The molecule has 0 aliphatic carbocycles. The quantitative estimate of drug-likeness (QED) is 0.750. The zero-order valence-corrected chi connectivity index (χ0v) is 7.91. The average molecular weight is 175 g/mol. The summed E-state index contributed by atoms with van der Waals surface area (Å²) in [5.41, 5.74) is 1.46. The number of nitrogens with zero attached hydrogens (tertiary/aromatic N) is 1. The number of hydrogen-bond donors (Lipinski definition) is 1. The predicted molar refractivity (Wildman–Crippen MR) is 51.4 cm³/mol. The van der Waals surface area contributed by atoms with Gasteiger partial charge in [-0.2, -0.15) is 5.26 Å². The molecule has 0 spiro atoms. The molecule has 68 valence electrons. The van der Waals surface area contributed by atoms with E-state index >= 15 is 0 Å². The van der Waals surface area contributed by atoms with Crippen LogP contribution < -0.4 is 0 Å². The van der Waals surface area contributed by atoms with Crippen molar-refractivity contribution in [2.75, 3.05) is 0 Å². The summed E-state index contributed by atoms with van der Waals surface area (Å²) in [6.45, 7) is 4.16. The van der Waals surface area contributed by atoms with E-state index < -0.39 is 0 Å². The largest absolute Gasteiger partial charge is 0.508 e. The van der Waals surface area contributed by atoms with E-state index in [1.165, 1.54) is 0 Å². The van der Waals surface area contributed by atoms with Gasteiger partial charge in [0.1, 0.15) is 5.75 Å². The monoisotopic (exact) mass is 175 g/mol. The molecule has 0 saturated heterocycles. The lowest BCUT2D eigenvalue weighted by Gasteiger charge is -2.07. The number of phenolic OH excluding ortho intramolecular Hbond substituents is 1. The highest BCUT2D eigenvalue weighted by Crippen LogP contribution is 2.21. The summed E-state index contributed by atoms with van der Waals surface area (Å²) in [6.07, 6.45) is 0.807. The van der Waals surface area contributed by atoms with Crippen molar-refractivity contribution in [2.24, 2.45) is 5.92 Å². The lowest BCUT2D eigenvalue weighted by molar-refractivity contribution is 0.462. The van der Waals surface area contributed by atoms with E-state index in [-0.39, 0.29) is 5.75 Å². The van der Waals surface area contributed by atoms with Crippen LogP contribution in [0.25, 0.3) is 0 Å². The summed E-state index contributed by atoms with van der Waals surface area (Å²) in [4.78, 5) is 0. The number of rotatable bonds is 2. The lowest BCUT2D eigenvalue weighted by atomic mass is 10.0. The number of aromatic hydroxyl groups is 1. The molecule has 0 aliphatic rings. The molecular weight excluding hydrogens is 162 g/mol. The molecule has 0 amide bonds. The Kier molecular flexibility index (Phi) is 2.92. The van der Waals surface area contributed by atoms with Crippen LogP contribution in [0, 0.1) is 17.2 Å². The van der Waals surface area contributed by atoms with Gasteiger partial charge in [-0.3, -0.25) is 0 Å². The SMILES string of the molecule is CC(C)Cc1cc(C#N)ccc1O. The Morgan fingerprint density at radius 3 is 2.69 bits per heavy atom. The van der Waals surface area contributed by atoms with Gasteiger partial charge < -0.3 is 5.11 Å². The molecule has 13 heavy (non-hydrogen) atoms. The first kappa shape index (κ1) is 9.60. The maximum absolute atomic E-state index is 9.47. The Hall–Kier alpha value is -1.49. The van der Waals surface area contributed by atoms with Crippen molar-refractivity contribution in [1.82, 2.24) is 0 Å². The summed E-state index contributed by atoms with van der Waals surface area (Å²) in [6, 6.07) is 7.01. The molecule has 0 heterocycles. The zero-order valence-electron chi connectivity index (χ0n) is 7.91. The number of benzene rings is 1. The third-order valence-corrected chi connectivity index (χ3v) is 1.84. The van der Waals surface area contributed by atoms with E-state index in [0.717, 1.165) is 12.0 Å². The van der Waals surface area contributed by atoms with E-state index in [0.29, 0.717) is 11.5 Å². The zero-order chi connectivity index (χ0) is 9.84. The molecule has 1 aromatic carbocycles. The van der Waals surface area contributed by atoms with E-state index in [1.807, 2.05) is 0 Å². The van der Waals surface area contributed by atoms with Crippen LogP contribution in [-0.4, -0.2) is 5.11 Å². The molecule has 1 rings (SSSR count). The summed E-state index contributed by atoms with van der Waals surface area (Å²) < 4.78 is 0. The van der Waals surface area contributed by atoms with Gasteiger partial charge in [0.15, 0.2) is 0 Å². The van der Waals surface area contributed by atoms with E-state index in [4.69, 9.17) is 5.26 Å². The van der Waals surface area contributed by atoms with Crippen molar-refractivity contribution in [3.63, 3.8) is 0 Å². The molecule has 1 N–H and O–H groups in total. The third kappa shape index (κ3) is 2.48. The standard InChI is InChI=1S/C11H13NO/c1-8(2)5-10-6-9(7-12)3-4-11(10)13/h3-4,6,8,13H,5H2,1-2H3. The highest BCUT2D eigenvalue weighted by Gasteiger charge is 2.04. The molecule has 0 radical (unpaired) electrons. The third-order valence-electron chi connectivity index (χ3n) is 1.84. The van der Waals surface area contributed by atoms with E-state index in [9.17, 15) is 5.11 Å². The molecule has 1 aromatic rings. The van der Waals surface area contributed by atoms with Crippen LogP contribution in [0.4, 0.5) is 0 Å². The fourth-order valence-corrected chi connectivity index (χ4v) is 1.26. The van der Waals surface area contributed by atoms with Crippen LogP contribution in [0.2, 0.25) is 0 Å². The molecule has 0 unspecified atom stereocenters. The van der Waals surface area contributed by atoms with Gasteiger partial charge in [-0.05, 0) is 36.1 Å². The smallest absolute Gasteiger partial charge is 0.118 e. The van der Waals surface area contributed by atoms with Crippen molar-refractivity contribution in [3.8, 4) is 11.8 Å². The van der Waals surface area contributed by atoms with E-state index in [2.05, 4.69) is 19.9 Å². The predicted octanol–water partition coefficient (Wildman–Crippen LogP) is 2.46. The molecule has 2 nitrogen and oxygen atoms in total. The second-order valence-electron chi connectivity index (χ2n) is 3.55. The molecule has 0 atom stereocenters. The van der Waals surface area contributed by atoms with Gasteiger partial charge >= 0.3 is 0 Å². The Balaban J connectivity index is 2.99. The molecular formula is C11H13NO. The number of nitriles is 1. The van der Waals surface area contributed by atoms with Crippen molar-refractivity contribution in [1.29, 1.82) is 5.26 Å². The van der Waals surface area contributed by atoms with Gasteiger partial charge in [-0.1, -0.05) is 13.8 Å². The first-order valence-corrected chi connectivity index (χ1v) is 4.35. The molecule has 0 aromatic heterocycles. The summed E-state index contributed by atoms with van der Waals surface area (Å²) in [5.74, 6) is 0.771. The van der Waals surface area contributed by atoms with Crippen LogP contribution in [0.1, 0.15) is 25.0 Å².